The van der Waals surface area contributed by atoms with Crippen LogP contribution in [0.15, 0.2) is 0 Å². The molecule has 0 aliphatic carbocycles. The quantitative estimate of drug-likeness (QED) is 0.528. The van der Waals surface area contributed by atoms with Gasteiger partial charge >= 0.3 is 7.60 Å². The molecule has 0 amide bonds. The molecule has 13 heavy (non-hydrogen) atoms. The molecule has 80 valence electrons. The average molecular weight is 232 g/mol. The largest absolute Gasteiger partial charge is 0.329 e. The van der Waals surface area contributed by atoms with Crippen molar-refractivity contribution in [3.63, 3.8) is 0 Å². The first-order valence-electron chi connectivity index (χ1n) is 3.58. The summed E-state index contributed by atoms with van der Waals surface area (Å²) in [5, 5.41) is 0. The molecule has 0 aromatic heterocycles. The molecule has 0 radical (unpaired) electrons. The summed E-state index contributed by atoms with van der Waals surface area (Å²) >= 11 is 0. The molecule has 0 aliphatic rings. The van der Waals surface area contributed by atoms with Crippen molar-refractivity contribution in [2.75, 3.05) is 11.9 Å². The second-order valence-corrected chi connectivity index (χ2v) is 6.31. The lowest BCUT2D eigenvalue weighted by Crippen LogP contribution is -2.11. The molecule has 2 N–H and O–H groups in total. The monoisotopic (exact) mass is 232 g/mol. The topological polar surface area (TPSA) is 101 Å². The van der Waals surface area contributed by atoms with Crippen molar-refractivity contribution in [1.29, 1.82) is 0 Å². The maximum Gasteiger partial charge on any atom is 0.329 e. The van der Waals surface area contributed by atoms with Crippen LogP contribution in [0.4, 0.5) is 0 Å². The highest BCUT2D eigenvalue weighted by atomic mass is 32.2. The van der Waals surface area contributed by atoms with Crippen LogP contribution in [0, 0.1) is 0 Å². The minimum Gasteiger partial charge on any atom is -0.324 e. The van der Waals surface area contributed by atoms with Gasteiger partial charge in [0.05, 0.1) is 18.0 Å². The predicted molar refractivity (Wildman–Crippen MR) is 47.3 cm³/mol. The predicted octanol–water partition coefficient (Wildman–Crippen LogP) is 0.485. The van der Waals surface area contributed by atoms with Gasteiger partial charge in [0, 0.05) is 0 Å². The molecule has 0 saturated heterocycles. The van der Waals surface area contributed by atoms with Gasteiger partial charge in [-0.25, -0.2) is 0 Å². The van der Waals surface area contributed by atoms with Crippen LogP contribution in [0.5, 0.6) is 0 Å². The highest BCUT2D eigenvalue weighted by molar-refractivity contribution is 7.86. The van der Waals surface area contributed by atoms with Gasteiger partial charge in [0.2, 0.25) is 0 Å². The zero-order chi connectivity index (χ0) is 10.7. The third kappa shape index (κ3) is 8.39. The zero-order valence-electron chi connectivity index (χ0n) is 7.37. The maximum atomic E-state index is 11.0. The summed E-state index contributed by atoms with van der Waals surface area (Å²) < 4.78 is 44.4. The lowest BCUT2D eigenvalue weighted by atomic mass is 10.5. The van der Waals surface area contributed by atoms with Crippen molar-refractivity contribution in [3.05, 3.63) is 0 Å². The molecule has 0 fully saturated rings. The maximum absolute atomic E-state index is 11.0. The Morgan fingerprint density at radius 3 is 2.23 bits per heavy atom. The van der Waals surface area contributed by atoms with Crippen molar-refractivity contribution in [2.45, 2.75) is 20.0 Å². The summed E-state index contributed by atoms with van der Waals surface area (Å²) in [4.78, 5) is 9.01. The third-order valence-electron chi connectivity index (χ3n) is 1.01. The summed E-state index contributed by atoms with van der Waals surface area (Å²) in [7, 11) is -8.09. The summed E-state index contributed by atoms with van der Waals surface area (Å²) in [5.41, 5.74) is 0. The first-order chi connectivity index (χ1) is 5.62. The fourth-order valence-corrected chi connectivity index (χ4v) is 3.22. The molecule has 0 spiro atoms. The Hall–Kier alpha value is 0.0600. The Kier molecular flexibility index (Phi) is 4.54. The van der Waals surface area contributed by atoms with Gasteiger partial charge in [-0.1, -0.05) is 0 Å². The van der Waals surface area contributed by atoms with Crippen molar-refractivity contribution in [3.8, 4) is 0 Å². The van der Waals surface area contributed by atoms with Crippen LogP contribution < -0.4 is 0 Å². The van der Waals surface area contributed by atoms with E-state index in [1.54, 1.807) is 13.8 Å². The third-order valence-corrected chi connectivity index (χ3v) is 3.57. The van der Waals surface area contributed by atoms with Gasteiger partial charge in [-0.15, -0.1) is 0 Å². The molecule has 0 rings (SSSR count). The van der Waals surface area contributed by atoms with Gasteiger partial charge in [-0.05, 0) is 13.8 Å². The second kappa shape index (κ2) is 4.52. The Balaban J connectivity index is 4.13. The molecule has 0 aromatic carbocycles. The second-order valence-electron chi connectivity index (χ2n) is 2.80. The Morgan fingerprint density at radius 2 is 1.92 bits per heavy atom. The van der Waals surface area contributed by atoms with E-state index in [4.69, 9.17) is 9.45 Å². The summed E-state index contributed by atoms with van der Waals surface area (Å²) in [6.45, 7) is 3.10. The van der Waals surface area contributed by atoms with E-state index in [9.17, 15) is 13.0 Å². The van der Waals surface area contributed by atoms with Gasteiger partial charge < -0.3 is 9.42 Å². The Labute approximate surface area is 77.2 Å². The molecule has 6 nitrogen and oxygen atoms in total. The molecule has 0 saturated carbocycles. The minimum absolute atomic E-state index is 0.461. The first-order valence-corrected chi connectivity index (χ1v) is 6.95. The highest BCUT2D eigenvalue weighted by Gasteiger charge is 2.23. The van der Waals surface area contributed by atoms with Gasteiger partial charge in [0.15, 0.2) is 0 Å². The van der Waals surface area contributed by atoms with Crippen LogP contribution in [0.1, 0.15) is 13.8 Å². The van der Waals surface area contributed by atoms with Gasteiger partial charge in [-0.3, -0.25) is 9.12 Å². The van der Waals surface area contributed by atoms with Gasteiger partial charge in [-0.2, -0.15) is 8.42 Å². The van der Waals surface area contributed by atoms with Crippen LogP contribution in [0.25, 0.3) is 0 Å². The standard InChI is InChI=1S/C5H13O6PS/c1-5(2)11-12(6,7)3-4-13(8,9)10/h5H,3-4H2,1-2H3,(H,6,7)(H,8,9,10). The number of rotatable bonds is 5. The molecule has 0 heterocycles. The highest BCUT2D eigenvalue weighted by Crippen LogP contribution is 2.42. The van der Waals surface area contributed by atoms with Crippen molar-refractivity contribution in [2.24, 2.45) is 0 Å². The van der Waals surface area contributed by atoms with E-state index in [1.165, 1.54) is 0 Å². The molecule has 0 aliphatic heterocycles. The fraction of sp³-hybridized carbons (Fsp3) is 1.00. The van der Waals surface area contributed by atoms with E-state index in [-0.39, 0.29) is 0 Å². The molecule has 1 atom stereocenters. The summed E-state index contributed by atoms with van der Waals surface area (Å²) in [6.07, 6.45) is -1.05. The SMILES string of the molecule is CC(C)OP(=O)(O)CCS(=O)(=O)O. The average Bonchev–Trinajstić information content (AvgIpc) is 1.79. The van der Waals surface area contributed by atoms with Crippen LogP contribution in [0.2, 0.25) is 0 Å². The van der Waals surface area contributed by atoms with Crippen molar-refractivity contribution >= 4 is 17.7 Å². The van der Waals surface area contributed by atoms with E-state index in [1.807, 2.05) is 0 Å². The molecule has 0 aromatic rings. The lowest BCUT2D eigenvalue weighted by Gasteiger charge is -2.13. The normalized spacial score (nSPS) is 17.3. The molecule has 8 heteroatoms. The van der Waals surface area contributed by atoms with E-state index >= 15 is 0 Å². The van der Waals surface area contributed by atoms with E-state index in [0.717, 1.165) is 0 Å². The molecular formula is C5H13O6PS. The summed E-state index contributed by atoms with van der Waals surface area (Å²) in [6, 6.07) is 0. The van der Waals surface area contributed by atoms with Gasteiger partial charge in [0.25, 0.3) is 10.1 Å². The zero-order valence-corrected chi connectivity index (χ0v) is 9.09. The smallest absolute Gasteiger partial charge is 0.324 e. The molecule has 0 bridgehead atoms. The number of hydrogen-bond donors (Lipinski definition) is 2. The van der Waals surface area contributed by atoms with Crippen molar-refractivity contribution < 1.29 is 27.0 Å². The van der Waals surface area contributed by atoms with Crippen LogP contribution >= 0.6 is 7.60 Å². The van der Waals surface area contributed by atoms with Crippen molar-refractivity contribution in [1.82, 2.24) is 0 Å². The Morgan fingerprint density at radius 1 is 1.46 bits per heavy atom. The van der Waals surface area contributed by atoms with Crippen LogP contribution in [-0.2, 0) is 19.2 Å². The first kappa shape index (κ1) is 13.1. The van der Waals surface area contributed by atoms with E-state index in [0.29, 0.717) is 0 Å². The van der Waals surface area contributed by atoms with E-state index in [2.05, 4.69) is 4.52 Å². The van der Waals surface area contributed by atoms with Crippen LogP contribution in [0.3, 0.4) is 0 Å². The summed E-state index contributed by atoms with van der Waals surface area (Å²) in [5.74, 6) is -0.770. The Bertz CT molecular complexity index is 294. The van der Waals surface area contributed by atoms with E-state index < -0.39 is 35.7 Å². The lowest BCUT2D eigenvalue weighted by molar-refractivity contribution is 0.205. The molecule has 1 unspecified atom stereocenters. The number of hydrogen-bond acceptors (Lipinski definition) is 4. The van der Waals surface area contributed by atoms with Crippen LogP contribution in [-0.4, -0.2) is 35.9 Å². The fourth-order valence-electron chi connectivity index (χ4n) is 0.613. The minimum atomic E-state index is -4.21. The van der Waals surface area contributed by atoms with Gasteiger partial charge in [0.1, 0.15) is 0 Å². The molecular weight excluding hydrogens is 219 g/mol.